The fourth-order valence-electron chi connectivity index (χ4n) is 1.53. The van der Waals surface area contributed by atoms with Crippen LogP contribution in [0.1, 0.15) is 5.82 Å². The zero-order valence-corrected chi connectivity index (χ0v) is 9.59. The van der Waals surface area contributed by atoms with E-state index in [1.165, 1.54) is 25.2 Å². The molecule has 8 heteroatoms. The van der Waals surface area contributed by atoms with Crippen LogP contribution in [0.4, 0.5) is 27.8 Å². The van der Waals surface area contributed by atoms with Crippen molar-refractivity contribution in [1.29, 1.82) is 0 Å². The summed E-state index contributed by atoms with van der Waals surface area (Å²) in [6.07, 6.45) is -5.74. The van der Waals surface area contributed by atoms with E-state index < -0.39 is 17.9 Å². The van der Waals surface area contributed by atoms with E-state index in [1.807, 2.05) is 0 Å². The van der Waals surface area contributed by atoms with Gasteiger partial charge in [0.05, 0.1) is 5.52 Å². The summed E-state index contributed by atoms with van der Waals surface area (Å²) in [5.74, 6) is -6.74. The van der Waals surface area contributed by atoms with E-state index >= 15 is 0 Å². The maximum absolute atomic E-state index is 13.2. The van der Waals surface area contributed by atoms with Gasteiger partial charge in [0.1, 0.15) is 5.82 Å². The molecule has 0 saturated heterocycles. The molecule has 0 atom stereocenters. The first kappa shape index (κ1) is 13.4. The van der Waals surface area contributed by atoms with Gasteiger partial charge in [0.25, 0.3) is 0 Å². The Kier molecular flexibility index (Phi) is 3.03. The number of alkyl halides is 5. The number of halogens is 5. The van der Waals surface area contributed by atoms with Gasteiger partial charge in [-0.3, -0.25) is 0 Å². The predicted octanol–water partition coefficient (Wildman–Crippen LogP) is 3.33. The molecule has 2 aromatic rings. The smallest absolute Gasteiger partial charge is 0.373 e. The molecular formula is C11H8F5N3. The highest BCUT2D eigenvalue weighted by Gasteiger charge is 2.61. The normalized spacial score (nSPS) is 12.7. The predicted molar refractivity (Wildman–Crippen MR) is 59.0 cm³/mol. The highest BCUT2D eigenvalue weighted by molar-refractivity contribution is 5.88. The fourth-order valence-corrected chi connectivity index (χ4v) is 1.53. The minimum Gasteiger partial charge on any atom is -0.373 e. The molecule has 2 rings (SSSR count). The molecule has 0 aliphatic carbocycles. The zero-order valence-electron chi connectivity index (χ0n) is 9.59. The third-order valence-electron chi connectivity index (χ3n) is 2.48. The average molecular weight is 277 g/mol. The molecule has 0 saturated carbocycles. The number of nitrogens with one attached hydrogen (secondary N) is 1. The Balaban J connectivity index is 2.70. The van der Waals surface area contributed by atoms with Crippen LogP contribution in [0.5, 0.6) is 0 Å². The van der Waals surface area contributed by atoms with Crippen molar-refractivity contribution in [2.24, 2.45) is 0 Å². The lowest BCUT2D eigenvalue weighted by molar-refractivity contribution is -0.292. The zero-order chi connectivity index (χ0) is 14.3. The lowest BCUT2D eigenvalue weighted by Gasteiger charge is -2.19. The molecule has 19 heavy (non-hydrogen) atoms. The van der Waals surface area contributed by atoms with Crippen LogP contribution in [-0.4, -0.2) is 23.2 Å². The van der Waals surface area contributed by atoms with Crippen LogP contribution in [0, 0.1) is 0 Å². The highest BCUT2D eigenvalue weighted by atomic mass is 19.4. The van der Waals surface area contributed by atoms with Crippen molar-refractivity contribution < 1.29 is 22.0 Å². The topological polar surface area (TPSA) is 37.8 Å². The molecule has 0 amide bonds. The third kappa shape index (κ3) is 2.18. The summed E-state index contributed by atoms with van der Waals surface area (Å²) in [6.45, 7) is 0. The number of fused-ring (bicyclic) bond motifs is 1. The van der Waals surface area contributed by atoms with Gasteiger partial charge in [0.15, 0.2) is 0 Å². The van der Waals surface area contributed by atoms with Gasteiger partial charge in [-0.2, -0.15) is 22.0 Å². The second-order valence-electron chi connectivity index (χ2n) is 3.74. The summed E-state index contributed by atoms with van der Waals surface area (Å²) in [6, 6.07) is 5.96. The molecule has 0 bridgehead atoms. The average Bonchev–Trinajstić information content (AvgIpc) is 2.36. The fraction of sp³-hybridized carbons (Fsp3) is 0.273. The van der Waals surface area contributed by atoms with E-state index in [9.17, 15) is 22.0 Å². The Morgan fingerprint density at radius 1 is 1.00 bits per heavy atom. The molecule has 102 valence electrons. The van der Waals surface area contributed by atoms with Gasteiger partial charge in [0, 0.05) is 12.4 Å². The molecule has 1 N–H and O–H groups in total. The Hall–Kier alpha value is -1.99. The lowest BCUT2D eigenvalue weighted by atomic mass is 10.2. The van der Waals surface area contributed by atoms with E-state index in [-0.39, 0.29) is 11.3 Å². The molecule has 0 radical (unpaired) electrons. The molecule has 1 aromatic heterocycles. The van der Waals surface area contributed by atoms with Gasteiger partial charge in [0.2, 0.25) is 5.82 Å². The number of hydrogen-bond acceptors (Lipinski definition) is 3. The molecule has 0 spiro atoms. The van der Waals surface area contributed by atoms with E-state index in [4.69, 9.17) is 0 Å². The van der Waals surface area contributed by atoms with Gasteiger partial charge in [-0.1, -0.05) is 12.1 Å². The largest absolute Gasteiger partial charge is 0.461 e. The number of hydrogen-bond donors (Lipinski definition) is 1. The summed E-state index contributed by atoms with van der Waals surface area (Å²) in [4.78, 5) is 6.57. The van der Waals surface area contributed by atoms with Crippen molar-refractivity contribution in [3.63, 3.8) is 0 Å². The number of benzene rings is 1. The van der Waals surface area contributed by atoms with Crippen LogP contribution >= 0.6 is 0 Å². The Morgan fingerprint density at radius 2 is 1.63 bits per heavy atom. The summed E-state index contributed by atoms with van der Waals surface area (Å²) in [7, 11) is 1.38. The minimum absolute atomic E-state index is 0.0146. The van der Waals surface area contributed by atoms with Crippen molar-refractivity contribution in [2.75, 3.05) is 12.4 Å². The van der Waals surface area contributed by atoms with E-state index in [0.29, 0.717) is 5.39 Å². The van der Waals surface area contributed by atoms with Crippen molar-refractivity contribution in [3.8, 4) is 0 Å². The Bertz CT molecular complexity index is 609. The second-order valence-corrected chi connectivity index (χ2v) is 3.74. The monoisotopic (exact) mass is 277 g/mol. The van der Waals surface area contributed by atoms with E-state index in [1.54, 1.807) is 6.07 Å². The van der Waals surface area contributed by atoms with Crippen LogP contribution in [0.2, 0.25) is 0 Å². The quantitative estimate of drug-likeness (QED) is 0.856. The first-order valence-corrected chi connectivity index (χ1v) is 5.17. The minimum atomic E-state index is -5.74. The maximum Gasteiger partial charge on any atom is 0.461 e. The van der Waals surface area contributed by atoms with Gasteiger partial charge in [-0.25, -0.2) is 9.97 Å². The van der Waals surface area contributed by atoms with Crippen LogP contribution in [0.15, 0.2) is 24.3 Å². The summed E-state index contributed by atoms with van der Waals surface area (Å²) < 4.78 is 63.4. The molecule has 1 heterocycles. The SMILES string of the molecule is CNc1nc(C(F)(F)C(F)(F)F)nc2ccccc12. The van der Waals surface area contributed by atoms with Crippen molar-refractivity contribution in [2.45, 2.75) is 12.1 Å². The summed E-state index contributed by atoms with van der Waals surface area (Å²) >= 11 is 0. The molecule has 0 aliphatic heterocycles. The summed E-state index contributed by atoms with van der Waals surface area (Å²) in [5.41, 5.74) is 0.0146. The Labute approximate surface area is 104 Å². The van der Waals surface area contributed by atoms with Crippen LogP contribution < -0.4 is 5.32 Å². The summed E-state index contributed by atoms with van der Waals surface area (Å²) in [5, 5.41) is 2.85. The first-order chi connectivity index (χ1) is 8.77. The van der Waals surface area contributed by atoms with Gasteiger partial charge >= 0.3 is 12.1 Å². The number of anilines is 1. The molecule has 1 aromatic carbocycles. The van der Waals surface area contributed by atoms with Crippen molar-refractivity contribution >= 4 is 16.7 Å². The van der Waals surface area contributed by atoms with Crippen LogP contribution in [0.3, 0.4) is 0 Å². The molecule has 0 aliphatic rings. The van der Waals surface area contributed by atoms with Crippen LogP contribution in [-0.2, 0) is 5.92 Å². The van der Waals surface area contributed by atoms with Crippen molar-refractivity contribution in [3.05, 3.63) is 30.1 Å². The first-order valence-electron chi connectivity index (χ1n) is 5.17. The third-order valence-corrected chi connectivity index (χ3v) is 2.48. The van der Waals surface area contributed by atoms with E-state index in [2.05, 4.69) is 15.3 Å². The number of para-hydroxylation sites is 1. The van der Waals surface area contributed by atoms with Gasteiger partial charge in [-0.15, -0.1) is 0 Å². The maximum atomic E-state index is 13.2. The molecule has 0 fully saturated rings. The lowest BCUT2D eigenvalue weighted by Crippen LogP contribution is -2.35. The second kappa shape index (κ2) is 4.29. The molecule has 3 nitrogen and oxygen atoms in total. The highest BCUT2D eigenvalue weighted by Crippen LogP contribution is 2.43. The number of nitrogens with zero attached hydrogens (tertiary/aromatic N) is 2. The van der Waals surface area contributed by atoms with E-state index in [0.717, 1.165) is 0 Å². The standard InChI is InChI=1S/C11H8F5N3/c1-17-8-6-4-2-3-5-7(6)18-9(19-8)10(12,13)11(14,15)16/h2-5H,1H3,(H,17,18,19). The van der Waals surface area contributed by atoms with Gasteiger partial charge < -0.3 is 5.32 Å². The molecule has 0 unspecified atom stereocenters. The Morgan fingerprint density at radius 3 is 2.21 bits per heavy atom. The van der Waals surface area contributed by atoms with Gasteiger partial charge in [-0.05, 0) is 12.1 Å². The number of aromatic nitrogens is 2. The van der Waals surface area contributed by atoms with Crippen molar-refractivity contribution in [1.82, 2.24) is 9.97 Å². The van der Waals surface area contributed by atoms with Crippen LogP contribution in [0.25, 0.3) is 10.9 Å². The molecular weight excluding hydrogens is 269 g/mol. The number of rotatable bonds is 2.